The predicted octanol–water partition coefficient (Wildman–Crippen LogP) is 2.46. The van der Waals surface area contributed by atoms with Crippen LogP contribution in [0.25, 0.3) is 10.5 Å². The highest BCUT2D eigenvalue weighted by molar-refractivity contribution is 5.79. The van der Waals surface area contributed by atoms with Crippen molar-refractivity contribution in [2.45, 2.75) is 31.7 Å². The van der Waals surface area contributed by atoms with Gasteiger partial charge in [0.15, 0.2) is 5.69 Å². The van der Waals surface area contributed by atoms with Crippen molar-refractivity contribution < 1.29 is 4.79 Å². The van der Waals surface area contributed by atoms with E-state index in [0.29, 0.717) is 12.5 Å². The van der Waals surface area contributed by atoms with Crippen LogP contribution in [-0.2, 0) is 24.1 Å². The molecule has 1 amide bonds. The molecule has 1 fully saturated rings. The van der Waals surface area contributed by atoms with Gasteiger partial charge in [0.05, 0.1) is 18.7 Å². The Balaban J connectivity index is 1.13. The van der Waals surface area contributed by atoms with E-state index < -0.39 is 0 Å². The molecule has 0 bridgehead atoms. The molecule has 3 aromatic rings. The number of aromatic nitrogens is 4. The average molecular weight is 428 g/mol. The number of tetrazole rings is 1. The van der Waals surface area contributed by atoms with Gasteiger partial charge in [0.1, 0.15) is 6.33 Å². The molecule has 2 aromatic carbocycles. The Hall–Kier alpha value is -3.57. The quantitative estimate of drug-likeness (QED) is 0.598. The van der Waals surface area contributed by atoms with Crippen molar-refractivity contribution in [2.75, 3.05) is 26.2 Å². The number of fused-ring (bicyclic) bond motifs is 1. The predicted molar refractivity (Wildman–Crippen MR) is 120 cm³/mol. The minimum Gasteiger partial charge on any atom is -0.340 e. The van der Waals surface area contributed by atoms with Gasteiger partial charge in [0.25, 0.3) is 0 Å². The lowest BCUT2D eigenvalue weighted by Crippen LogP contribution is -2.53. The van der Waals surface area contributed by atoms with E-state index in [4.69, 9.17) is 6.57 Å². The molecule has 5 rings (SSSR count). The number of amides is 1. The molecule has 0 saturated carbocycles. The molecule has 0 spiro atoms. The van der Waals surface area contributed by atoms with Crippen LogP contribution in [0.5, 0.6) is 0 Å². The summed E-state index contributed by atoms with van der Waals surface area (Å²) in [5.74, 6) is 0.181. The lowest BCUT2D eigenvalue weighted by atomic mass is 9.87. The van der Waals surface area contributed by atoms with Crippen LogP contribution in [0.15, 0.2) is 48.8 Å². The minimum atomic E-state index is 0.181. The maximum Gasteiger partial charge on any atom is 0.227 e. The van der Waals surface area contributed by atoms with E-state index in [0.717, 1.165) is 62.4 Å². The number of benzene rings is 2. The summed E-state index contributed by atoms with van der Waals surface area (Å²) in [4.78, 5) is 20.9. The highest BCUT2D eigenvalue weighted by Gasteiger charge is 2.28. The smallest absolute Gasteiger partial charge is 0.227 e. The maximum absolute atomic E-state index is 12.8. The molecule has 2 aliphatic rings. The van der Waals surface area contributed by atoms with Gasteiger partial charge in [0, 0.05) is 32.2 Å². The van der Waals surface area contributed by atoms with Crippen LogP contribution in [0, 0.1) is 6.57 Å². The molecular formula is C24H25N7O. The Morgan fingerprint density at radius 2 is 1.88 bits per heavy atom. The number of rotatable bonds is 4. The fraction of sp³-hybridized carbons (Fsp3) is 0.375. The lowest BCUT2D eigenvalue weighted by Gasteiger charge is -2.41. The van der Waals surface area contributed by atoms with Crippen LogP contribution >= 0.6 is 0 Å². The number of piperazine rings is 1. The molecule has 1 aromatic heterocycles. The monoisotopic (exact) mass is 427 g/mol. The molecule has 1 unspecified atom stereocenters. The Morgan fingerprint density at radius 1 is 1.06 bits per heavy atom. The third-order valence-electron chi connectivity index (χ3n) is 6.61. The second-order valence-corrected chi connectivity index (χ2v) is 8.48. The van der Waals surface area contributed by atoms with Crippen molar-refractivity contribution in [1.82, 2.24) is 30.0 Å². The molecule has 1 atom stereocenters. The minimum absolute atomic E-state index is 0.181. The number of nitrogens with zero attached hydrogens (tertiary/aromatic N) is 7. The number of carbonyl (C=O) groups is 1. The second kappa shape index (κ2) is 8.89. The first kappa shape index (κ1) is 20.3. The molecule has 0 N–H and O–H groups in total. The van der Waals surface area contributed by atoms with E-state index >= 15 is 0 Å². The summed E-state index contributed by atoms with van der Waals surface area (Å²) in [6.07, 6.45) is 5.15. The molecule has 8 heteroatoms. The summed E-state index contributed by atoms with van der Waals surface area (Å²) in [7, 11) is 0. The van der Waals surface area contributed by atoms with Gasteiger partial charge in [-0.2, -0.15) is 0 Å². The van der Waals surface area contributed by atoms with E-state index in [1.54, 1.807) is 11.0 Å². The summed E-state index contributed by atoms with van der Waals surface area (Å²) < 4.78 is 1.60. The van der Waals surface area contributed by atoms with Gasteiger partial charge >= 0.3 is 0 Å². The van der Waals surface area contributed by atoms with E-state index in [1.807, 2.05) is 41.3 Å². The number of carbonyl (C=O) groups excluding carboxylic acids is 1. The zero-order valence-electron chi connectivity index (χ0n) is 17.9. The fourth-order valence-corrected chi connectivity index (χ4v) is 4.77. The number of hydrogen-bond acceptors (Lipinski definition) is 5. The van der Waals surface area contributed by atoms with Crippen molar-refractivity contribution in [1.29, 1.82) is 0 Å². The van der Waals surface area contributed by atoms with Gasteiger partial charge < -0.3 is 4.90 Å². The summed E-state index contributed by atoms with van der Waals surface area (Å²) in [5.41, 5.74) is 5.31. The van der Waals surface area contributed by atoms with Gasteiger partial charge in [-0.1, -0.05) is 35.9 Å². The molecule has 2 heterocycles. The summed E-state index contributed by atoms with van der Waals surface area (Å²) in [6, 6.07) is 14.4. The topological polar surface area (TPSA) is 71.5 Å². The normalized spacial score (nSPS) is 18.7. The highest BCUT2D eigenvalue weighted by atomic mass is 16.2. The largest absolute Gasteiger partial charge is 0.340 e. The van der Waals surface area contributed by atoms with Crippen LogP contribution < -0.4 is 0 Å². The zero-order chi connectivity index (χ0) is 21.9. The van der Waals surface area contributed by atoms with Gasteiger partial charge in [-0.3, -0.25) is 9.69 Å². The van der Waals surface area contributed by atoms with E-state index in [2.05, 4.69) is 31.3 Å². The van der Waals surface area contributed by atoms with E-state index in [9.17, 15) is 4.79 Å². The van der Waals surface area contributed by atoms with Gasteiger partial charge in [0.2, 0.25) is 5.91 Å². The van der Waals surface area contributed by atoms with Crippen molar-refractivity contribution in [3.05, 3.63) is 76.9 Å². The van der Waals surface area contributed by atoms with Crippen molar-refractivity contribution in [3.63, 3.8) is 0 Å². The summed E-state index contributed by atoms with van der Waals surface area (Å²) >= 11 is 0. The summed E-state index contributed by atoms with van der Waals surface area (Å²) in [6.45, 7) is 10.6. The first-order chi connectivity index (χ1) is 15.7. The molecule has 1 aliphatic carbocycles. The van der Waals surface area contributed by atoms with Gasteiger partial charge in [-0.25, -0.2) is 9.53 Å². The Morgan fingerprint density at radius 3 is 2.59 bits per heavy atom. The molecule has 1 aliphatic heterocycles. The first-order valence-corrected chi connectivity index (χ1v) is 11.0. The standard InChI is InChI=1S/C24H25N7O/c1-25-21-6-4-20-16-23(9-5-19(20)15-21)29-10-12-30(13-11-29)24(32)14-18-2-7-22(8-3-18)31-17-26-27-28-31/h2-4,6-8,15,17,23H,5,9-14,16H2. The Labute approximate surface area is 187 Å². The highest BCUT2D eigenvalue weighted by Crippen LogP contribution is 2.28. The van der Waals surface area contributed by atoms with Crippen LogP contribution in [0.3, 0.4) is 0 Å². The van der Waals surface area contributed by atoms with Crippen LogP contribution in [0.2, 0.25) is 0 Å². The molecular weight excluding hydrogens is 402 g/mol. The van der Waals surface area contributed by atoms with Crippen molar-refractivity contribution in [2.24, 2.45) is 0 Å². The van der Waals surface area contributed by atoms with E-state index in [1.165, 1.54) is 11.1 Å². The fourth-order valence-electron chi connectivity index (χ4n) is 4.77. The molecule has 1 saturated heterocycles. The first-order valence-electron chi connectivity index (χ1n) is 11.0. The number of aryl methyl sites for hydroxylation is 1. The van der Waals surface area contributed by atoms with Crippen LogP contribution in [-0.4, -0.2) is 68.1 Å². The molecule has 8 nitrogen and oxygen atoms in total. The number of hydrogen-bond donors (Lipinski definition) is 0. The Kier molecular flexibility index (Phi) is 5.65. The van der Waals surface area contributed by atoms with Crippen LogP contribution in [0.1, 0.15) is 23.1 Å². The third-order valence-corrected chi connectivity index (χ3v) is 6.61. The van der Waals surface area contributed by atoms with Crippen molar-refractivity contribution >= 4 is 11.6 Å². The van der Waals surface area contributed by atoms with Gasteiger partial charge in [-0.15, -0.1) is 5.10 Å². The van der Waals surface area contributed by atoms with Crippen LogP contribution in [0.4, 0.5) is 5.69 Å². The zero-order valence-corrected chi connectivity index (χ0v) is 17.9. The molecule has 0 radical (unpaired) electrons. The molecule has 162 valence electrons. The third kappa shape index (κ3) is 4.25. The van der Waals surface area contributed by atoms with Crippen molar-refractivity contribution in [3.8, 4) is 5.69 Å². The second-order valence-electron chi connectivity index (χ2n) is 8.48. The lowest BCUT2D eigenvalue weighted by molar-refractivity contribution is -0.132. The van der Waals surface area contributed by atoms with E-state index in [-0.39, 0.29) is 5.91 Å². The SMILES string of the molecule is [C-]#[N+]c1ccc2c(c1)CCC(N1CCN(C(=O)Cc3ccc(-n4cnnn4)cc3)CC1)C2. The van der Waals surface area contributed by atoms with Gasteiger partial charge in [-0.05, 0) is 52.9 Å². The maximum atomic E-state index is 12.8. The Bertz CT molecular complexity index is 1130. The summed E-state index contributed by atoms with van der Waals surface area (Å²) in [5, 5.41) is 11.2. The average Bonchev–Trinajstić information content (AvgIpc) is 3.39. The molecule has 32 heavy (non-hydrogen) atoms.